The van der Waals surface area contributed by atoms with Crippen molar-refractivity contribution in [2.75, 3.05) is 13.1 Å². The van der Waals surface area contributed by atoms with Crippen molar-refractivity contribution in [1.82, 2.24) is 20.0 Å². The molecule has 0 bridgehead atoms. The fourth-order valence-electron chi connectivity index (χ4n) is 1.74. The molecule has 19 heavy (non-hydrogen) atoms. The second-order valence-corrected chi connectivity index (χ2v) is 4.21. The van der Waals surface area contributed by atoms with Gasteiger partial charge in [-0.2, -0.15) is 0 Å². The first-order valence-corrected chi connectivity index (χ1v) is 6.09. The smallest absolute Gasteiger partial charge is 0.226 e. The highest BCUT2D eigenvalue weighted by Crippen LogP contribution is 2.04. The Labute approximate surface area is 110 Å². The molecule has 0 aliphatic rings. The first-order valence-electron chi connectivity index (χ1n) is 6.09. The Morgan fingerprint density at radius 3 is 2.79 bits per heavy atom. The van der Waals surface area contributed by atoms with Crippen LogP contribution in [0.2, 0.25) is 0 Å². The monoisotopic (exact) mass is 260 g/mol. The summed E-state index contributed by atoms with van der Waals surface area (Å²) in [5, 5.41) is 5.34. The largest absolute Gasteiger partial charge is 0.355 e. The molecule has 2 aromatic heterocycles. The zero-order valence-corrected chi connectivity index (χ0v) is 10.7. The van der Waals surface area contributed by atoms with Crippen LogP contribution in [-0.4, -0.2) is 34.3 Å². The summed E-state index contributed by atoms with van der Waals surface area (Å²) in [5.41, 5.74) is 1.55. The van der Waals surface area contributed by atoms with Crippen LogP contribution in [0.5, 0.6) is 0 Å². The maximum absolute atomic E-state index is 11.7. The van der Waals surface area contributed by atoms with Crippen molar-refractivity contribution in [2.45, 2.75) is 13.3 Å². The number of carbonyl (C=O) groups excluding carboxylic acids is 2. The molecule has 0 fully saturated rings. The first-order chi connectivity index (χ1) is 9.15. The molecule has 0 saturated heterocycles. The van der Waals surface area contributed by atoms with E-state index in [4.69, 9.17) is 0 Å². The molecule has 0 radical (unpaired) electrons. The van der Waals surface area contributed by atoms with Crippen LogP contribution < -0.4 is 10.6 Å². The summed E-state index contributed by atoms with van der Waals surface area (Å²) in [6, 6.07) is 5.70. The maximum Gasteiger partial charge on any atom is 0.226 e. The number of nitrogens with zero attached hydrogens (tertiary/aromatic N) is 2. The van der Waals surface area contributed by atoms with Gasteiger partial charge in [0, 0.05) is 32.4 Å². The Morgan fingerprint density at radius 1 is 1.26 bits per heavy atom. The Balaban J connectivity index is 1.83. The van der Waals surface area contributed by atoms with Crippen LogP contribution in [0.15, 0.2) is 30.6 Å². The molecule has 6 nitrogen and oxygen atoms in total. The molecule has 100 valence electrons. The van der Waals surface area contributed by atoms with E-state index in [-0.39, 0.29) is 18.2 Å². The van der Waals surface area contributed by atoms with Crippen LogP contribution in [-0.2, 0) is 16.0 Å². The second-order valence-electron chi connectivity index (χ2n) is 4.21. The van der Waals surface area contributed by atoms with Crippen molar-refractivity contribution >= 4 is 17.5 Å². The number of hydrogen-bond donors (Lipinski definition) is 2. The number of fused-ring (bicyclic) bond motifs is 1. The molecular weight excluding hydrogens is 244 g/mol. The van der Waals surface area contributed by atoms with Gasteiger partial charge in [-0.05, 0) is 12.1 Å². The van der Waals surface area contributed by atoms with Gasteiger partial charge in [-0.3, -0.25) is 9.59 Å². The first kappa shape index (κ1) is 13.1. The minimum Gasteiger partial charge on any atom is -0.355 e. The fraction of sp³-hybridized carbons (Fsp3) is 0.308. The lowest BCUT2D eigenvalue weighted by atomic mass is 10.3. The Morgan fingerprint density at radius 2 is 2.05 bits per heavy atom. The van der Waals surface area contributed by atoms with Gasteiger partial charge < -0.3 is 15.0 Å². The van der Waals surface area contributed by atoms with Gasteiger partial charge in [0.2, 0.25) is 11.8 Å². The van der Waals surface area contributed by atoms with Crippen LogP contribution in [0.1, 0.15) is 12.6 Å². The molecule has 2 heterocycles. The Bertz CT molecular complexity index is 558. The number of carbonyl (C=O) groups is 2. The molecule has 0 aliphatic heterocycles. The van der Waals surface area contributed by atoms with Gasteiger partial charge in [0.05, 0.1) is 12.1 Å². The zero-order chi connectivity index (χ0) is 13.7. The van der Waals surface area contributed by atoms with Crippen molar-refractivity contribution in [2.24, 2.45) is 0 Å². The molecule has 0 spiro atoms. The van der Waals surface area contributed by atoms with Crippen LogP contribution in [0.4, 0.5) is 0 Å². The predicted molar refractivity (Wildman–Crippen MR) is 70.6 cm³/mol. The number of rotatable bonds is 5. The van der Waals surface area contributed by atoms with E-state index >= 15 is 0 Å². The molecule has 2 N–H and O–H groups in total. The quantitative estimate of drug-likeness (QED) is 0.750. The number of aromatic nitrogens is 2. The van der Waals surface area contributed by atoms with E-state index in [1.54, 1.807) is 0 Å². The molecular formula is C13H16N4O2. The summed E-state index contributed by atoms with van der Waals surface area (Å²) in [7, 11) is 0. The van der Waals surface area contributed by atoms with Crippen molar-refractivity contribution in [1.29, 1.82) is 0 Å². The number of imidazole rings is 1. The number of amides is 2. The number of hydrogen-bond acceptors (Lipinski definition) is 3. The minimum absolute atomic E-state index is 0.102. The molecule has 0 atom stereocenters. The van der Waals surface area contributed by atoms with Gasteiger partial charge in [0.15, 0.2) is 0 Å². The van der Waals surface area contributed by atoms with Gasteiger partial charge >= 0.3 is 0 Å². The summed E-state index contributed by atoms with van der Waals surface area (Å²) in [4.78, 5) is 26.6. The van der Waals surface area contributed by atoms with Gasteiger partial charge in [-0.15, -0.1) is 0 Å². The van der Waals surface area contributed by atoms with Gasteiger partial charge in [-0.25, -0.2) is 4.98 Å². The third-order valence-electron chi connectivity index (χ3n) is 2.58. The zero-order valence-electron chi connectivity index (χ0n) is 10.7. The van der Waals surface area contributed by atoms with Crippen LogP contribution >= 0.6 is 0 Å². The molecule has 2 aromatic rings. The van der Waals surface area contributed by atoms with Crippen LogP contribution in [0, 0.1) is 0 Å². The highest BCUT2D eigenvalue weighted by Gasteiger charge is 2.06. The van der Waals surface area contributed by atoms with Crippen molar-refractivity contribution in [3.8, 4) is 0 Å². The van der Waals surface area contributed by atoms with E-state index < -0.39 is 0 Å². The highest BCUT2D eigenvalue weighted by atomic mass is 16.2. The summed E-state index contributed by atoms with van der Waals surface area (Å²) in [6.07, 6.45) is 3.96. The summed E-state index contributed by atoms with van der Waals surface area (Å²) < 4.78 is 1.87. The average molecular weight is 260 g/mol. The molecule has 6 heteroatoms. The van der Waals surface area contributed by atoms with Gasteiger partial charge in [-0.1, -0.05) is 6.07 Å². The maximum atomic E-state index is 11.7. The van der Waals surface area contributed by atoms with Crippen molar-refractivity contribution < 1.29 is 9.59 Å². The predicted octanol–water partition coefficient (Wildman–Crippen LogP) is 0.129. The highest BCUT2D eigenvalue weighted by molar-refractivity contribution is 5.78. The van der Waals surface area contributed by atoms with Crippen LogP contribution in [0.3, 0.4) is 0 Å². The molecule has 0 saturated carbocycles. The molecule has 2 amide bonds. The molecule has 0 aliphatic carbocycles. The third kappa shape index (κ3) is 3.80. The van der Waals surface area contributed by atoms with E-state index in [2.05, 4.69) is 15.6 Å². The van der Waals surface area contributed by atoms with Crippen molar-refractivity contribution in [3.05, 3.63) is 36.3 Å². The lowest BCUT2D eigenvalue weighted by Crippen LogP contribution is -2.34. The van der Waals surface area contributed by atoms with Crippen molar-refractivity contribution in [3.63, 3.8) is 0 Å². The van der Waals surface area contributed by atoms with E-state index in [1.807, 2.05) is 35.0 Å². The average Bonchev–Trinajstić information content (AvgIpc) is 2.76. The Hall–Kier alpha value is -2.37. The summed E-state index contributed by atoms with van der Waals surface area (Å²) in [5.74, 6) is -0.205. The van der Waals surface area contributed by atoms with Gasteiger partial charge in [0.25, 0.3) is 0 Å². The molecule has 0 aromatic carbocycles. The number of pyridine rings is 1. The standard InChI is InChI=1S/C13H16N4O2/c1-10(18)14-5-6-15-13(19)8-11-9-17-7-3-2-4-12(17)16-11/h2-4,7,9H,5-6,8H2,1H3,(H,14,18)(H,15,19). The van der Waals surface area contributed by atoms with E-state index in [0.717, 1.165) is 11.3 Å². The van der Waals surface area contributed by atoms with E-state index in [0.29, 0.717) is 13.1 Å². The van der Waals surface area contributed by atoms with Crippen LogP contribution in [0.25, 0.3) is 5.65 Å². The summed E-state index contributed by atoms with van der Waals surface area (Å²) >= 11 is 0. The molecule has 0 unspecified atom stereocenters. The number of nitrogens with one attached hydrogen (secondary N) is 2. The van der Waals surface area contributed by atoms with E-state index in [1.165, 1.54) is 6.92 Å². The normalized spacial score (nSPS) is 10.4. The Kier molecular flexibility index (Phi) is 4.12. The lowest BCUT2D eigenvalue weighted by Gasteiger charge is -2.04. The van der Waals surface area contributed by atoms with Gasteiger partial charge in [0.1, 0.15) is 5.65 Å². The topological polar surface area (TPSA) is 75.5 Å². The van der Waals surface area contributed by atoms with E-state index in [9.17, 15) is 9.59 Å². The molecule has 2 rings (SSSR count). The SMILES string of the molecule is CC(=O)NCCNC(=O)Cc1cn2ccccc2n1. The lowest BCUT2D eigenvalue weighted by molar-refractivity contribution is -0.121. The minimum atomic E-state index is -0.103. The second kappa shape index (κ2) is 5.99. The fourth-order valence-corrected chi connectivity index (χ4v) is 1.74. The third-order valence-corrected chi connectivity index (χ3v) is 2.58. The summed E-state index contributed by atoms with van der Waals surface area (Å²) in [6.45, 7) is 2.30.